The molecule has 0 unspecified atom stereocenters. The lowest BCUT2D eigenvalue weighted by Crippen LogP contribution is -1.99. The summed E-state index contributed by atoms with van der Waals surface area (Å²) in [4.78, 5) is 22.1. The van der Waals surface area contributed by atoms with E-state index in [1.807, 2.05) is 6.07 Å². The fourth-order valence-electron chi connectivity index (χ4n) is 2.49. The van der Waals surface area contributed by atoms with Crippen LogP contribution >= 0.6 is 0 Å². The first kappa shape index (κ1) is 16.3. The van der Waals surface area contributed by atoms with Crippen LogP contribution < -0.4 is 15.2 Å². The Kier molecular flexibility index (Phi) is 4.25. The first-order valence-electron chi connectivity index (χ1n) is 7.30. The minimum Gasteiger partial charge on any atom is -0.493 e. The molecule has 8 nitrogen and oxygen atoms in total. The number of aromatic amines is 1. The van der Waals surface area contributed by atoms with Crippen LogP contribution in [0.4, 0.5) is 5.95 Å². The van der Waals surface area contributed by atoms with Crippen molar-refractivity contribution in [3.63, 3.8) is 0 Å². The Labute approximate surface area is 143 Å². The summed E-state index contributed by atoms with van der Waals surface area (Å²) in [5, 5.41) is 9.09. The first-order chi connectivity index (χ1) is 12.0. The third-order valence-corrected chi connectivity index (χ3v) is 3.69. The molecule has 128 valence electrons. The number of aromatic carboxylic acids is 1. The second kappa shape index (κ2) is 6.52. The maximum Gasteiger partial charge on any atom is 0.352 e. The topological polar surface area (TPSA) is 123 Å². The smallest absolute Gasteiger partial charge is 0.352 e. The molecule has 3 rings (SSSR count). The molecule has 25 heavy (non-hydrogen) atoms. The molecule has 3 aromatic rings. The number of nitrogens with two attached hydrogens (primary N) is 1. The SMILES string of the molecule is COc1ccc(-c2cnc(N)nc2-c2c[nH]c(C(=O)O)c2)cc1OC. The number of nitrogens with one attached hydrogen (secondary N) is 1. The third-order valence-electron chi connectivity index (χ3n) is 3.69. The van der Waals surface area contributed by atoms with E-state index in [0.717, 1.165) is 5.56 Å². The van der Waals surface area contributed by atoms with Crippen molar-refractivity contribution in [3.8, 4) is 33.9 Å². The predicted molar refractivity (Wildman–Crippen MR) is 91.7 cm³/mol. The van der Waals surface area contributed by atoms with E-state index in [2.05, 4.69) is 15.0 Å². The van der Waals surface area contributed by atoms with Crippen molar-refractivity contribution in [1.82, 2.24) is 15.0 Å². The summed E-state index contributed by atoms with van der Waals surface area (Å²) in [6.45, 7) is 0. The van der Waals surface area contributed by atoms with Crippen molar-refractivity contribution >= 4 is 11.9 Å². The number of benzene rings is 1. The molecule has 0 spiro atoms. The van der Waals surface area contributed by atoms with E-state index < -0.39 is 5.97 Å². The lowest BCUT2D eigenvalue weighted by molar-refractivity contribution is 0.0691. The highest BCUT2D eigenvalue weighted by atomic mass is 16.5. The number of hydrogen-bond donors (Lipinski definition) is 3. The van der Waals surface area contributed by atoms with Gasteiger partial charge in [-0.15, -0.1) is 0 Å². The minimum atomic E-state index is -1.05. The third kappa shape index (κ3) is 3.09. The molecule has 2 heterocycles. The largest absolute Gasteiger partial charge is 0.493 e. The van der Waals surface area contributed by atoms with Crippen LogP contribution in [-0.4, -0.2) is 40.2 Å². The van der Waals surface area contributed by atoms with Gasteiger partial charge >= 0.3 is 5.97 Å². The molecule has 0 amide bonds. The van der Waals surface area contributed by atoms with E-state index in [0.29, 0.717) is 28.3 Å². The number of ether oxygens (including phenoxy) is 2. The van der Waals surface area contributed by atoms with Gasteiger partial charge in [0.15, 0.2) is 11.5 Å². The molecular weight excluding hydrogens is 324 g/mol. The highest BCUT2D eigenvalue weighted by Crippen LogP contribution is 2.36. The van der Waals surface area contributed by atoms with Gasteiger partial charge in [-0.05, 0) is 23.8 Å². The van der Waals surface area contributed by atoms with E-state index in [-0.39, 0.29) is 11.6 Å². The molecular formula is C17H16N4O4. The quantitative estimate of drug-likeness (QED) is 0.651. The molecule has 4 N–H and O–H groups in total. The highest BCUT2D eigenvalue weighted by Gasteiger charge is 2.16. The van der Waals surface area contributed by atoms with Crippen LogP contribution in [0.2, 0.25) is 0 Å². The Balaban J connectivity index is 2.15. The van der Waals surface area contributed by atoms with Gasteiger partial charge in [0.2, 0.25) is 5.95 Å². The number of hydrogen-bond acceptors (Lipinski definition) is 6. The van der Waals surface area contributed by atoms with Gasteiger partial charge in [-0.1, -0.05) is 6.07 Å². The molecule has 0 aliphatic carbocycles. The number of carboxylic acid groups (broad SMARTS) is 1. The Morgan fingerprint density at radius 1 is 1.16 bits per heavy atom. The van der Waals surface area contributed by atoms with Crippen molar-refractivity contribution in [2.45, 2.75) is 0 Å². The standard InChI is InChI=1S/C17H16N4O4/c1-24-13-4-3-9(6-14(13)25-2)11-8-20-17(18)21-15(11)10-5-12(16(22)23)19-7-10/h3-8,19H,1-2H3,(H,22,23)(H2,18,20,21). The first-order valence-corrected chi connectivity index (χ1v) is 7.30. The zero-order chi connectivity index (χ0) is 18.0. The number of H-pyrrole nitrogens is 1. The maximum absolute atomic E-state index is 11.1. The molecule has 0 saturated carbocycles. The molecule has 1 aromatic carbocycles. The van der Waals surface area contributed by atoms with Crippen LogP contribution in [0.5, 0.6) is 11.5 Å². The zero-order valence-corrected chi connectivity index (χ0v) is 13.6. The molecule has 0 saturated heterocycles. The van der Waals surface area contributed by atoms with Gasteiger partial charge in [0.25, 0.3) is 0 Å². The Morgan fingerprint density at radius 2 is 1.92 bits per heavy atom. The average molecular weight is 340 g/mol. The summed E-state index contributed by atoms with van der Waals surface area (Å²) in [7, 11) is 3.11. The number of carboxylic acids is 1. The van der Waals surface area contributed by atoms with Crippen LogP contribution in [0.25, 0.3) is 22.4 Å². The molecule has 0 aliphatic heterocycles. The van der Waals surface area contributed by atoms with Crippen molar-refractivity contribution in [1.29, 1.82) is 0 Å². The number of nitrogen functional groups attached to an aromatic ring is 1. The van der Waals surface area contributed by atoms with Gasteiger partial charge in [0.1, 0.15) is 5.69 Å². The molecule has 0 radical (unpaired) electrons. The van der Waals surface area contributed by atoms with E-state index in [1.54, 1.807) is 38.7 Å². The number of methoxy groups -OCH3 is 2. The fraction of sp³-hybridized carbons (Fsp3) is 0.118. The maximum atomic E-state index is 11.1. The van der Waals surface area contributed by atoms with Crippen molar-refractivity contribution < 1.29 is 19.4 Å². The number of carbonyl (C=O) groups is 1. The van der Waals surface area contributed by atoms with E-state index in [1.165, 1.54) is 6.07 Å². The Morgan fingerprint density at radius 3 is 2.56 bits per heavy atom. The minimum absolute atomic E-state index is 0.0606. The van der Waals surface area contributed by atoms with Crippen LogP contribution in [0.1, 0.15) is 10.5 Å². The lowest BCUT2D eigenvalue weighted by atomic mass is 10.0. The highest BCUT2D eigenvalue weighted by molar-refractivity contribution is 5.89. The summed E-state index contributed by atoms with van der Waals surface area (Å²) in [5.74, 6) is 0.195. The molecule has 0 aliphatic rings. The fourth-order valence-corrected chi connectivity index (χ4v) is 2.49. The average Bonchev–Trinajstić information content (AvgIpc) is 3.11. The molecule has 2 aromatic heterocycles. The second-order valence-corrected chi connectivity index (χ2v) is 5.17. The predicted octanol–water partition coefficient (Wildman–Crippen LogP) is 2.44. The summed E-state index contributed by atoms with van der Waals surface area (Å²) < 4.78 is 10.6. The monoisotopic (exact) mass is 340 g/mol. The van der Waals surface area contributed by atoms with Crippen LogP contribution in [0, 0.1) is 0 Å². The summed E-state index contributed by atoms with van der Waals surface area (Å²) >= 11 is 0. The Bertz CT molecular complexity index is 936. The summed E-state index contributed by atoms with van der Waals surface area (Å²) in [6, 6.07) is 6.90. The van der Waals surface area contributed by atoms with E-state index >= 15 is 0 Å². The van der Waals surface area contributed by atoms with Gasteiger partial charge in [0, 0.05) is 23.5 Å². The van der Waals surface area contributed by atoms with Crippen molar-refractivity contribution in [2.75, 3.05) is 20.0 Å². The summed E-state index contributed by atoms with van der Waals surface area (Å²) in [5.41, 5.74) is 8.36. The number of rotatable bonds is 5. The van der Waals surface area contributed by atoms with Gasteiger partial charge in [0.05, 0.1) is 19.9 Å². The number of anilines is 1. The van der Waals surface area contributed by atoms with Crippen LogP contribution in [0.3, 0.4) is 0 Å². The molecule has 0 bridgehead atoms. The van der Waals surface area contributed by atoms with Crippen LogP contribution in [0.15, 0.2) is 36.7 Å². The molecule has 8 heteroatoms. The Hall–Kier alpha value is -3.55. The second-order valence-electron chi connectivity index (χ2n) is 5.17. The lowest BCUT2D eigenvalue weighted by Gasteiger charge is -2.12. The van der Waals surface area contributed by atoms with E-state index in [4.69, 9.17) is 20.3 Å². The number of nitrogens with zero attached hydrogens (tertiary/aromatic N) is 2. The van der Waals surface area contributed by atoms with Gasteiger partial charge < -0.3 is 25.3 Å². The number of aromatic nitrogens is 3. The molecule has 0 atom stereocenters. The molecule has 0 fully saturated rings. The van der Waals surface area contributed by atoms with Gasteiger partial charge in [-0.25, -0.2) is 14.8 Å². The zero-order valence-electron chi connectivity index (χ0n) is 13.6. The van der Waals surface area contributed by atoms with Crippen molar-refractivity contribution in [2.24, 2.45) is 0 Å². The summed E-state index contributed by atoms with van der Waals surface area (Å²) in [6.07, 6.45) is 3.15. The van der Waals surface area contributed by atoms with Gasteiger partial charge in [-0.3, -0.25) is 0 Å². The normalized spacial score (nSPS) is 10.5. The van der Waals surface area contributed by atoms with Crippen molar-refractivity contribution in [3.05, 3.63) is 42.4 Å². The van der Waals surface area contributed by atoms with E-state index in [9.17, 15) is 4.79 Å². The van der Waals surface area contributed by atoms with Crippen LogP contribution in [-0.2, 0) is 0 Å². The van der Waals surface area contributed by atoms with Gasteiger partial charge in [-0.2, -0.15) is 0 Å².